The highest BCUT2D eigenvalue weighted by Crippen LogP contribution is 2.16. The number of hydrogen-bond donors (Lipinski definition) is 1. The topological polar surface area (TPSA) is 49.4 Å². The molecule has 20 heavy (non-hydrogen) atoms. The van der Waals surface area contributed by atoms with Gasteiger partial charge in [0.1, 0.15) is 5.82 Å². The van der Waals surface area contributed by atoms with Crippen molar-refractivity contribution in [1.29, 1.82) is 0 Å². The molecule has 5 heteroatoms. The van der Waals surface area contributed by atoms with Crippen molar-refractivity contribution in [3.8, 4) is 0 Å². The first kappa shape index (κ1) is 14.5. The van der Waals surface area contributed by atoms with Crippen molar-refractivity contribution in [2.75, 3.05) is 13.1 Å². The number of benzene rings is 1. The lowest BCUT2D eigenvalue weighted by Gasteiger charge is -2.32. The maximum Gasteiger partial charge on any atom is 0.256 e. The molecule has 0 saturated carbocycles. The maximum absolute atomic E-state index is 13.6. The molecule has 4 nitrogen and oxygen atoms in total. The minimum absolute atomic E-state index is 0.0314. The molecule has 1 aliphatic heterocycles. The second-order valence-electron chi connectivity index (χ2n) is 4.97. The van der Waals surface area contributed by atoms with Crippen LogP contribution in [0.5, 0.6) is 0 Å². The number of carbonyl (C=O) groups is 2. The Morgan fingerprint density at radius 3 is 2.55 bits per heavy atom. The van der Waals surface area contributed by atoms with Gasteiger partial charge in [-0.15, -0.1) is 0 Å². The Balaban J connectivity index is 1.92. The standard InChI is InChI=1S/C15H19FN2O2/c1-2-14(19)17-11-7-9-18(10-8-11)15(20)12-5-3-4-6-13(12)16/h3-6,11H,2,7-10H2,1H3,(H,17,19). The van der Waals surface area contributed by atoms with Crippen LogP contribution in [0.15, 0.2) is 24.3 Å². The van der Waals surface area contributed by atoms with Gasteiger partial charge in [-0.1, -0.05) is 19.1 Å². The van der Waals surface area contributed by atoms with E-state index in [1.54, 1.807) is 17.0 Å². The van der Waals surface area contributed by atoms with E-state index in [0.717, 1.165) is 0 Å². The van der Waals surface area contributed by atoms with Crippen LogP contribution < -0.4 is 5.32 Å². The van der Waals surface area contributed by atoms with E-state index in [0.29, 0.717) is 32.4 Å². The van der Waals surface area contributed by atoms with E-state index in [4.69, 9.17) is 0 Å². The largest absolute Gasteiger partial charge is 0.353 e. The second kappa shape index (κ2) is 6.50. The molecule has 1 heterocycles. The van der Waals surface area contributed by atoms with Crippen molar-refractivity contribution in [2.45, 2.75) is 32.2 Å². The average Bonchev–Trinajstić information content (AvgIpc) is 2.47. The molecule has 1 aromatic carbocycles. The van der Waals surface area contributed by atoms with Gasteiger partial charge >= 0.3 is 0 Å². The van der Waals surface area contributed by atoms with Crippen molar-refractivity contribution in [3.63, 3.8) is 0 Å². The molecule has 2 amide bonds. The monoisotopic (exact) mass is 278 g/mol. The van der Waals surface area contributed by atoms with Crippen LogP contribution in [0.4, 0.5) is 4.39 Å². The molecular formula is C15H19FN2O2. The van der Waals surface area contributed by atoms with Crippen LogP contribution in [-0.4, -0.2) is 35.8 Å². The summed E-state index contributed by atoms with van der Waals surface area (Å²) < 4.78 is 13.6. The molecule has 2 rings (SSSR count). The average molecular weight is 278 g/mol. The number of hydrogen-bond acceptors (Lipinski definition) is 2. The molecule has 0 aliphatic carbocycles. The van der Waals surface area contributed by atoms with Crippen molar-refractivity contribution in [2.24, 2.45) is 0 Å². The van der Waals surface area contributed by atoms with Crippen molar-refractivity contribution in [3.05, 3.63) is 35.6 Å². The molecule has 1 N–H and O–H groups in total. The van der Waals surface area contributed by atoms with Gasteiger partial charge in [0.05, 0.1) is 5.56 Å². The quantitative estimate of drug-likeness (QED) is 0.919. The molecule has 0 bridgehead atoms. The highest BCUT2D eigenvalue weighted by Gasteiger charge is 2.25. The first-order chi connectivity index (χ1) is 9.61. The van der Waals surface area contributed by atoms with Crippen LogP contribution in [0.3, 0.4) is 0 Å². The Hall–Kier alpha value is -1.91. The summed E-state index contributed by atoms with van der Waals surface area (Å²) in [7, 11) is 0. The fourth-order valence-electron chi connectivity index (χ4n) is 2.36. The van der Waals surface area contributed by atoms with Gasteiger partial charge in [-0.25, -0.2) is 4.39 Å². The fourth-order valence-corrected chi connectivity index (χ4v) is 2.36. The van der Waals surface area contributed by atoms with Gasteiger partial charge < -0.3 is 10.2 Å². The highest BCUT2D eigenvalue weighted by molar-refractivity contribution is 5.94. The zero-order valence-corrected chi connectivity index (χ0v) is 11.6. The summed E-state index contributed by atoms with van der Waals surface area (Å²) in [6.45, 7) is 2.90. The van der Waals surface area contributed by atoms with E-state index in [2.05, 4.69) is 5.32 Å². The second-order valence-corrected chi connectivity index (χ2v) is 4.97. The summed E-state index contributed by atoms with van der Waals surface area (Å²) in [6.07, 6.45) is 1.90. The Bertz CT molecular complexity index is 496. The molecular weight excluding hydrogens is 259 g/mol. The van der Waals surface area contributed by atoms with Gasteiger partial charge in [0, 0.05) is 25.6 Å². The van der Waals surface area contributed by atoms with E-state index in [-0.39, 0.29) is 23.4 Å². The highest BCUT2D eigenvalue weighted by atomic mass is 19.1. The zero-order valence-electron chi connectivity index (χ0n) is 11.6. The molecule has 108 valence electrons. The third kappa shape index (κ3) is 3.35. The van der Waals surface area contributed by atoms with E-state index < -0.39 is 5.82 Å². The summed E-state index contributed by atoms with van der Waals surface area (Å²) in [4.78, 5) is 25.2. The summed E-state index contributed by atoms with van der Waals surface area (Å²) in [6, 6.07) is 6.14. The predicted molar refractivity (Wildman–Crippen MR) is 73.8 cm³/mol. The lowest BCUT2D eigenvalue weighted by atomic mass is 10.0. The Morgan fingerprint density at radius 2 is 1.95 bits per heavy atom. The lowest BCUT2D eigenvalue weighted by molar-refractivity contribution is -0.121. The van der Waals surface area contributed by atoms with Crippen molar-refractivity contribution < 1.29 is 14.0 Å². The van der Waals surface area contributed by atoms with Crippen LogP contribution in [0, 0.1) is 5.82 Å². The third-order valence-electron chi connectivity index (χ3n) is 3.57. The Kier molecular flexibility index (Phi) is 4.71. The SMILES string of the molecule is CCC(=O)NC1CCN(C(=O)c2ccccc2F)CC1. The maximum atomic E-state index is 13.6. The van der Waals surface area contributed by atoms with Crippen LogP contribution >= 0.6 is 0 Å². The molecule has 1 saturated heterocycles. The smallest absolute Gasteiger partial charge is 0.256 e. The van der Waals surface area contributed by atoms with Crippen LogP contribution in [-0.2, 0) is 4.79 Å². The van der Waals surface area contributed by atoms with E-state index >= 15 is 0 Å². The van der Waals surface area contributed by atoms with Crippen LogP contribution in [0.25, 0.3) is 0 Å². The van der Waals surface area contributed by atoms with Crippen molar-refractivity contribution >= 4 is 11.8 Å². The number of rotatable bonds is 3. The van der Waals surface area contributed by atoms with Gasteiger partial charge in [0.2, 0.25) is 5.91 Å². The number of halogens is 1. The molecule has 1 fully saturated rings. The lowest BCUT2D eigenvalue weighted by Crippen LogP contribution is -2.46. The number of likely N-dealkylation sites (tertiary alicyclic amines) is 1. The summed E-state index contributed by atoms with van der Waals surface area (Å²) in [5.74, 6) is -0.730. The van der Waals surface area contributed by atoms with E-state index in [9.17, 15) is 14.0 Å². The molecule has 1 aliphatic rings. The molecule has 1 aromatic rings. The number of nitrogens with one attached hydrogen (secondary N) is 1. The number of amides is 2. The van der Waals surface area contributed by atoms with Crippen LogP contribution in [0.1, 0.15) is 36.5 Å². The summed E-state index contributed by atoms with van der Waals surface area (Å²) in [5, 5.41) is 2.93. The van der Waals surface area contributed by atoms with Gasteiger partial charge in [-0.2, -0.15) is 0 Å². The normalized spacial score (nSPS) is 16.0. The minimum Gasteiger partial charge on any atom is -0.353 e. The molecule has 0 spiro atoms. The number of carbonyl (C=O) groups excluding carboxylic acids is 2. The predicted octanol–water partition coefficient (Wildman–Crippen LogP) is 1.96. The van der Waals surface area contributed by atoms with Gasteiger partial charge in [0.15, 0.2) is 0 Å². The Labute approximate surface area is 118 Å². The first-order valence-electron chi connectivity index (χ1n) is 6.95. The van der Waals surface area contributed by atoms with Gasteiger partial charge in [-0.3, -0.25) is 9.59 Å². The Morgan fingerprint density at radius 1 is 1.30 bits per heavy atom. The molecule has 0 aromatic heterocycles. The van der Waals surface area contributed by atoms with Gasteiger partial charge in [-0.05, 0) is 25.0 Å². The fraction of sp³-hybridized carbons (Fsp3) is 0.467. The summed E-state index contributed by atoms with van der Waals surface area (Å²) in [5.41, 5.74) is 0.114. The summed E-state index contributed by atoms with van der Waals surface area (Å²) >= 11 is 0. The minimum atomic E-state index is -0.487. The number of piperidine rings is 1. The van der Waals surface area contributed by atoms with Crippen molar-refractivity contribution in [1.82, 2.24) is 10.2 Å². The van der Waals surface area contributed by atoms with Gasteiger partial charge in [0.25, 0.3) is 5.91 Å². The molecule has 0 atom stereocenters. The zero-order chi connectivity index (χ0) is 14.5. The number of nitrogens with zero attached hydrogens (tertiary/aromatic N) is 1. The van der Waals surface area contributed by atoms with E-state index in [1.165, 1.54) is 12.1 Å². The molecule has 0 unspecified atom stereocenters. The first-order valence-corrected chi connectivity index (χ1v) is 6.95. The third-order valence-corrected chi connectivity index (χ3v) is 3.57. The van der Waals surface area contributed by atoms with E-state index in [1.807, 2.05) is 6.92 Å². The van der Waals surface area contributed by atoms with Crippen LogP contribution in [0.2, 0.25) is 0 Å². The molecule has 0 radical (unpaired) electrons.